The summed E-state index contributed by atoms with van der Waals surface area (Å²) in [7, 11) is 0. The number of carbonyl (C=O) groups excluding carboxylic acids is 2. The quantitative estimate of drug-likeness (QED) is 0.554. The number of carbonyl (C=O) groups is 3. The molecule has 152 valence electrons. The molecule has 8 heteroatoms. The largest absolute Gasteiger partial charge is 0.491 e. The van der Waals surface area contributed by atoms with Crippen molar-refractivity contribution in [1.82, 2.24) is 5.32 Å². The molecule has 2 rings (SSSR count). The summed E-state index contributed by atoms with van der Waals surface area (Å²) in [4.78, 5) is 35.0. The fourth-order valence-electron chi connectivity index (χ4n) is 2.43. The molecule has 2 amide bonds. The Hall–Kier alpha value is -3.65. The molecule has 2 aromatic carbocycles. The van der Waals surface area contributed by atoms with Gasteiger partial charge in [0.05, 0.1) is 6.61 Å². The van der Waals surface area contributed by atoms with Gasteiger partial charge in [0, 0.05) is 18.1 Å². The smallest absolute Gasteiger partial charge is 0.414 e. The SMILES string of the molecule is O=C(O)/C=C/C[C@@H](OC(=O)NC(=O)c1ccccc1)c1cccc(OCCO)c1. The van der Waals surface area contributed by atoms with Crippen molar-refractivity contribution in [3.8, 4) is 5.75 Å². The average Bonchev–Trinajstić information content (AvgIpc) is 2.72. The summed E-state index contributed by atoms with van der Waals surface area (Å²) in [5.41, 5.74) is 0.837. The fraction of sp³-hybridized carbons (Fsp3) is 0.190. The minimum atomic E-state index is -1.13. The van der Waals surface area contributed by atoms with Crippen molar-refractivity contribution in [2.24, 2.45) is 0 Å². The minimum Gasteiger partial charge on any atom is -0.491 e. The highest BCUT2D eigenvalue weighted by Gasteiger charge is 2.19. The van der Waals surface area contributed by atoms with E-state index in [1.165, 1.54) is 6.08 Å². The van der Waals surface area contributed by atoms with Crippen LogP contribution < -0.4 is 10.1 Å². The maximum atomic E-state index is 12.2. The number of alkyl carbamates (subject to hydrolysis) is 1. The first-order chi connectivity index (χ1) is 14.0. The minimum absolute atomic E-state index is 0.0721. The van der Waals surface area contributed by atoms with E-state index >= 15 is 0 Å². The fourth-order valence-corrected chi connectivity index (χ4v) is 2.43. The van der Waals surface area contributed by atoms with Gasteiger partial charge in [-0.05, 0) is 29.8 Å². The molecule has 0 unspecified atom stereocenters. The first kappa shape index (κ1) is 21.6. The van der Waals surface area contributed by atoms with Crippen LogP contribution in [-0.4, -0.2) is 41.4 Å². The molecular formula is C21H21NO7. The third kappa shape index (κ3) is 7.47. The number of hydrogen-bond acceptors (Lipinski definition) is 6. The lowest BCUT2D eigenvalue weighted by Gasteiger charge is -2.18. The van der Waals surface area contributed by atoms with Crippen molar-refractivity contribution in [3.63, 3.8) is 0 Å². The molecule has 0 spiro atoms. The van der Waals surface area contributed by atoms with Gasteiger partial charge in [-0.3, -0.25) is 10.1 Å². The Morgan fingerprint density at radius 3 is 2.52 bits per heavy atom. The zero-order chi connectivity index (χ0) is 21.1. The highest BCUT2D eigenvalue weighted by atomic mass is 16.6. The number of aliphatic hydroxyl groups excluding tert-OH is 1. The van der Waals surface area contributed by atoms with Gasteiger partial charge in [-0.1, -0.05) is 36.4 Å². The van der Waals surface area contributed by atoms with E-state index in [9.17, 15) is 14.4 Å². The summed E-state index contributed by atoms with van der Waals surface area (Å²) in [5, 5.41) is 19.8. The number of amides is 2. The summed E-state index contributed by atoms with van der Waals surface area (Å²) in [6.45, 7) is -0.0601. The molecule has 0 saturated carbocycles. The number of carboxylic acids is 1. The van der Waals surface area contributed by atoms with Crippen LogP contribution in [0.1, 0.15) is 28.4 Å². The van der Waals surface area contributed by atoms with Crippen molar-refractivity contribution in [1.29, 1.82) is 0 Å². The van der Waals surface area contributed by atoms with Crippen LogP contribution in [0.2, 0.25) is 0 Å². The summed E-state index contributed by atoms with van der Waals surface area (Å²) >= 11 is 0. The maximum absolute atomic E-state index is 12.2. The van der Waals surface area contributed by atoms with Crippen molar-refractivity contribution in [2.45, 2.75) is 12.5 Å². The number of ether oxygens (including phenoxy) is 2. The molecule has 0 aliphatic heterocycles. The number of aliphatic carboxylic acids is 1. The van der Waals surface area contributed by atoms with Gasteiger partial charge in [-0.2, -0.15) is 0 Å². The Morgan fingerprint density at radius 1 is 1.07 bits per heavy atom. The van der Waals surface area contributed by atoms with Gasteiger partial charge in [0.1, 0.15) is 18.5 Å². The normalized spacial score (nSPS) is 11.6. The average molecular weight is 399 g/mol. The van der Waals surface area contributed by atoms with E-state index in [4.69, 9.17) is 19.7 Å². The summed E-state index contributed by atoms with van der Waals surface area (Å²) in [6.07, 6.45) is 0.541. The van der Waals surface area contributed by atoms with E-state index < -0.39 is 24.1 Å². The Labute approximate surface area is 167 Å². The number of aliphatic hydroxyl groups is 1. The van der Waals surface area contributed by atoms with Gasteiger partial charge in [-0.15, -0.1) is 0 Å². The van der Waals surface area contributed by atoms with Crippen LogP contribution in [0, 0.1) is 0 Å². The van der Waals surface area contributed by atoms with E-state index in [-0.39, 0.29) is 19.6 Å². The van der Waals surface area contributed by atoms with Gasteiger partial charge >= 0.3 is 12.1 Å². The maximum Gasteiger partial charge on any atom is 0.414 e. The van der Waals surface area contributed by atoms with Crippen LogP contribution in [0.25, 0.3) is 0 Å². The lowest BCUT2D eigenvalue weighted by Crippen LogP contribution is -2.32. The van der Waals surface area contributed by atoms with Gasteiger partial charge in [0.2, 0.25) is 0 Å². The van der Waals surface area contributed by atoms with E-state index in [2.05, 4.69) is 5.32 Å². The summed E-state index contributed by atoms with van der Waals surface area (Å²) in [6, 6.07) is 14.8. The van der Waals surface area contributed by atoms with Gasteiger partial charge in [0.25, 0.3) is 5.91 Å². The topological polar surface area (TPSA) is 122 Å². The standard InChI is InChI=1S/C21H21NO7/c23-12-13-28-17-9-4-8-16(14-17)18(10-5-11-19(24)25)29-21(27)22-20(26)15-6-2-1-3-7-15/h1-9,11,14,18,23H,10,12-13H2,(H,24,25)(H,22,26,27)/b11-5+/t18-/m1/s1. The number of benzene rings is 2. The van der Waals surface area contributed by atoms with Crippen LogP contribution in [-0.2, 0) is 9.53 Å². The Bertz CT molecular complexity index is 864. The van der Waals surface area contributed by atoms with E-state index in [1.54, 1.807) is 54.6 Å². The molecule has 0 aromatic heterocycles. The van der Waals surface area contributed by atoms with Crippen LogP contribution in [0.4, 0.5) is 4.79 Å². The number of imide groups is 1. The predicted octanol–water partition coefficient (Wildman–Crippen LogP) is 2.70. The predicted molar refractivity (Wildman–Crippen MR) is 104 cm³/mol. The van der Waals surface area contributed by atoms with E-state index in [1.807, 2.05) is 0 Å². The second-order valence-corrected chi connectivity index (χ2v) is 5.83. The highest BCUT2D eigenvalue weighted by molar-refractivity contribution is 6.02. The Balaban J connectivity index is 2.12. The first-order valence-electron chi connectivity index (χ1n) is 8.79. The molecule has 1 atom stereocenters. The molecule has 3 N–H and O–H groups in total. The highest BCUT2D eigenvalue weighted by Crippen LogP contribution is 2.25. The van der Waals surface area contributed by atoms with Crippen molar-refractivity contribution in [3.05, 3.63) is 77.9 Å². The Kier molecular flexibility index (Phi) is 8.40. The molecule has 0 heterocycles. The van der Waals surface area contributed by atoms with Gasteiger partial charge in [0.15, 0.2) is 0 Å². The number of hydrogen-bond donors (Lipinski definition) is 3. The molecular weight excluding hydrogens is 378 g/mol. The third-order valence-electron chi connectivity index (χ3n) is 3.70. The van der Waals surface area contributed by atoms with Gasteiger partial charge < -0.3 is 19.7 Å². The molecule has 2 aromatic rings. The zero-order valence-electron chi connectivity index (χ0n) is 15.5. The van der Waals surface area contributed by atoms with Crippen LogP contribution in [0.5, 0.6) is 5.75 Å². The number of carboxylic acid groups (broad SMARTS) is 1. The van der Waals surface area contributed by atoms with Crippen molar-refractivity contribution < 1.29 is 34.1 Å². The van der Waals surface area contributed by atoms with Gasteiger partial charge in [-0.25, -0.2) is 9.59 Å². The van der Waals surface area contributed by atoms with Crippen molar-refractivity contribution >= 4 is 18.0 Å². The zero-order valence-corrected chi connectivity index (χ0v) is 15.5. The molecule has 0 radical (unpaired) electrons. The summed E-state index contributed by atoms with van der Waals surface area (Å²) < 4.78 is 10.7. The van der Waals surface area contributed by atoms with Crippen molar-refractivity contribution in [2.75, 3.05) is 13.2 Å². The van der Waals surface area contributed by atoms with Crippen LogP contribution in [0.3, 0.4) is 0 Å². The lowest BCUT2D eigenvalue weighted by molar-refractivity contribution is -0.131. The number of rotatable bonds is 9. The Morgan fingerprint density at radius 2 is 1.83 bits per heavy atom. The lowest BCUT2D eigenvalue weighted by atomic mass is 10.1. The summed E-state index contributed by atoms with van der Waals surface area (Å²) in [5.74, 6) is -1.30. The molecule has 0 fully saturated rings. The van der Waals surface area contributed by atoms with E-state index in [0.29, 0.717) is 16.9 Å². The second-order valence-electron chi connectivity index (χ2n) is 5.83. The first-order valence-corrected chi connectivity index (χ1v) is 8.79. The molecule has 29 heavy (non-hydrogen) atoms. The monoisotopic (exact) mass is 399 g/mol. The molecule has 8 nitrogen and oxygen atoms in total. The van der Waals surface area contributed by atoms with E-state index in [0.717, 1.165) is 6.08 Å². The third-order valence-corrected chi connectivity index (χ3v) is 3.70. The van der Waals surface area contributed by atoms with Crippen LogP contribution in [0.15, 0.2) is 66.7 Å². The molecule has 0 saturated heterocycles. The molecule has 0 aliphatic carbocycles. The molecule has 0 bridgehead atoms. The second kappa shape index (κ2) is 11.3. The van der Waals surface area contributed by atoms with Crippen LogP contribution >= 0.6 is 0 Å². The molecule has 0 aliphatic rings. The number of nitrogens with one attached hydrogen (secondary N) is 1.